The molecule has 2 rings (SSSR count). The highest BCUT2D eigenvalue weighted by atomic mass is 16.6. The van der Waals surface area contributed by atoms with Gasteiger partial charge in [-0.3, -0.25) is 9.59 Å². The average molecular weight is 581 g/mol. The molecular weight excluding hydrogens is 524 g/mol. The van der Waals surface area contributed by atoms with Crippen molar-refractivity contribution >= 4 is 11.8 Å². The number of Topliss-reactive ketones (excluding diaryl/α,β-unsaturated/α-hetero) is 1. The van der Waals surface area contributed by atoms with Crippen LogP contribution in [0.5, 0.6) is 0 Å². The molecule has 0 spiro atoms. The van der Waals surface area contributed by atoms with Crippen molar-refractivity contribution in [3.05, 3.63) is 23.8 Å². The summed E-state index contributed by atoms with van der Waals surface area (Å²) in [6.45, 7) is 15.6. The van der Waals surface area contributed by atoms with E-state index >= 15 is 0 Å². The molecule has 0 aromatic rings. The first-order chi connectivity index (χ1) is 19.2. The van der Waals surface area contributed by atoms with E-state index in [2.05, 4.69) is 26.5 Å². The van der Waals surface area contributed by atoms with Crippen molar-refractivity contribution in [2.45, 2.75) is 148 Å². The first-order valence-corrected chi connectivity index (χ1v) is 15.7. The van der Waals surface area contributed by atoms with Crippen LogP contribution in [0.3, 0.4) is 0 Å². The van der Waals surface area contributed by atoms with Crippen molar-refractivity contribution in [1.29, 1.82) is 0 Å². The number of cyclic esters (lactones) is 1. The Morgan fingerprint density at radius 2 is 1.56 bits per heavy atom. The normalized spacial score (nSPS) is 41.6. The Morgan fingerprint density at radius 3 is 2.22 bits per heavy atom. The number of ether oxygens (including phenoxy) is 2. The van der Waals surface area contributed by atoms with E-state index in [4.69, 9.17) is 9.47 Å². The van der Waals surface area contributed by atoms with E-state index in [1.807, 2.05) is 6.92 Å². The van der Waals surface area contributed by atoms with Gasteiger partial charge in [0, 0.05) is 6.42 Å². The zero-order valence-electron chi connectivity index (χ0n) is 26.1. The van der Waals surface area contributed by atoms with E-state index in [0.717, 1.165) is 49.7 Å². The van der Waals surface area contributed by atoms with Crippen LogP contribution in [0.15, 0.2) is 23.8 Å². The fraction of sp³-hybridized carbons (Fsp3) is 0.818. The van der Waals surface area contributed by atoms with Gasteiger partial charge in [0.25, 0.3) is 0 Å². The lowest BCUT2D eigenvalue weighted by Gasteiger charge is -2.27. The van der Waals surface area contributed by atoms with Crippen LogP contribution in [-0.4, -0.2) is 74.9 Å². The minimum absolute atomic E-state index is 0.0296. The van der Waals surface area contributed by atoms with Gasteiger partial charge < -0.3 is 29.9 Å². The first kappa shape index (κ1) is 35.6. The topological polar surface area (TPSA) is 137 Å². The maximum absolute atomic E-state index is 12.7. The fourth-order valence-corrected chi connectivity index (χ4v) is 6.10. The van der Waals surface area contributed by atoms with E-state index in [1.165, 1.54) is 0 Å². The number of hydrogen-bond donors (Lipinski definition) is 4. The highest BCUT2D eigenvalue weighted by Gasteiger charge is 2.39. The molecule has 0 aromatic carbocycles. The highest BCUT2D eigenvalue weighted by Crippen LogP contribution is 2.35. The third-order valence-electron chi connectivity index (χ3n) is 8.87. The molecule has 2 heterocycles. The highest BCUT2D eigenvalue weighted by molar-refractivity contribution is 5.83. The summed E-state index contributed by atoms with van der Waals surface area (Å²) in [6, 6.07) is 0. The number of ketones is 1. The smallest absolute Gasteiger partial charge is 0.311 e. The Kier molecular flexibility index (Phi) is 14.7. The van der Waals surface area contributed by atoms with Crippen LogP contribution in [0.1, 0.15) is 106 Å². The summed E-state index contributed by atoms with van der Waals surface area (Å²) >= 11 is 0. The molecule has 0 saturated carbocycles. The molecule has 0 amide bonds. The third-order valence-corrected chi connectivity index (χ3v) is 8.87. The van der Waals surface area contributed by atoms with Crippen LogP contribution in [0.2, 0.25) is 0 Å². The second-order valence-electron chi connectivity index (χ2n) is 13.0. The molecule has 0 aliphatic carbocycles. The lowest BCUT2D eigenvalue weighted by atomic mass is 9.87. The largest absolute Gasteiger partial charge is 0.462 e. The van der Waals surface area contributed by atoms with Gasteiger partial charge >= 0.3 is 5.97 Å². The van der Waals surface area contributed by atoms with Crippen molar-refractivity contribution in [2.24, 2.45) is 23.7 Å². The molecule has 236 valence electrons. The minimum atomic E-state index is -1.64. The number of aliphatic hydroxyl groups is 4. The van der Waals surface area contributed by atoms with Crippen molar-refractivity contribution in [3.63, 3.8) is 0 Å². The van der Waals surface area contributed by atoms with E-state index in [0.29, 0.717) is 18.8 Å². The molecular formula is C33H56O8. The maximum Gasteiger partial charge on any atom is 0.311 e. The van der Waals surface area contributed by atoms with Crippen LogP contribution in [0.4, 0.5) is 0 Å². The van der Waals surface area contributed by atoms with Gasteiger partial charge in [-0.15, -0.1) is 0 Å². The SMILES string of the molecule is C=C1/C=C(\CC)C(C)CC(O)CC(=O)C(O)C(O)C(C)CC(C)OC(=O)C(C)C(O)CCCCC2OC2CC(C)C1. The standard InChI is InChI=1S/C33H56O8/c1-8-25-14-19(2)13-20(3)15-30-29(41-30)12-10-9-11-27(35)24(7)33(39)40-23(6)16-22(5)31(37)32(38)28(36)18-26(34)17-21(25)4/h14,20-24,26-27,29-32,34-35,37-38H,2,8-13,15-18H2,1,3-7H3/b25-14+. The number of epoxide rings is 1. The Bertz CT molecular complexity index is 884. The molecule has 11 unspecified atom stereocenters. The monoisotopic (exact) mass is 580 g/mol. The lowest BCUT2D eigenvalue weighted by molar-refractivity contribution is -0.158. The Hall–Kier alpha value is -1.58. The molecule has 1 saturated heterocycles. The van der Waals surface area contributed by atoms with Crippen molar-refractivity contribution in [3.8, 4) is 0 Å². The summed E-state index contributed by atoms with van der Waals surface area (Å²) in [5.74, 6) is -1.91. The Balaban J connectivity index is 2.10. The zero-order chi connectivity index (χ0) is 30.9. The van der Waals surface area contributed by atoms with Crippen LogP contribution >= 0.6 is 0 Å². The molecule has 1 fully saturated rings. The number of aliphatic hydroxyl groups excluding tert-OH is 4. The number of carbonyl (C=O) groups is 2. The number of fused-ring (bicyclic) bond motifs is 1. The van der Waals surface area contributed by atoms with Gasteiger partial charge in [0.1, 0.15) is 6.10 Å². The summed E-state index contributed by atoms with van der Waals surface area (Å²) < 4.78 is 11.4. The summed E-state index contributed by atoms with van der Waals surface area (Å²) in [6.07, 6.45) is 3.39. The van der Waals surface area contributed by atoms with Crippen molar-refractivity contribution in [1.82, 2.24) is 0 Å². The number of esters is 1. The van der Waals surface area contributed by atoms with Gasteiger partial charge in [-0.05, 0) is 76.5 Å². The lowest BCUT2D eigenvalue weighted by Crippen LogP contribution is -2.41. The molecule has 41 heavy (non-hydrogen) atoms. The molecule has 0 aromatic heterocycles. The quantitative estimate of drug-likeness (QED) is 0.260. The van der Waals surface area contributed by atoms with Gasteiger partial charge in [-0.2, -0.15) is 0 Å². The second kappa shape index (κ2) is 16.9. The summed E-state index contributed by atoms with van der Waals surface area (Å²) in [4.78, 5) is 25.3. The molecule has 2 aliphatic rings. The molecule has 8 nitrogen and oxygen atoms in total. The maximum atomic E-state index is 12.7. The van der Waals surface area contributed by atoms with E-state index < -0.39 is 54.1 Å². The molecule has 0 radical (unpaired) electrons. The van der Waals surface area contributed by atoms with Gasteiger partial charge in [-0.25, -0.2) is 0 Å². The van der Waals surface area contributed by atoms with Crippen molar-refractivity contribution in [2.75, 3.05) is 0 Å². The van der Waals surface area contributed by atoms with Crippen LogP contribution in [-0.2, 0) is 19.1 Å². The van der Waals surface area contributed by atoms with E-state index in [1.54, 1.807) is 20.8 Å². The summed E-state index contributed by atoms with van der Waals surface area (Å²) in [5, 5.41) is 42.3. The number of allylic oxidation sites excluding steroid dienone is 3. The van der Waals surface area contributed by atoms with Crippen molar-refractivity contribution < 1.29 is 39.5 Å². The molecule has 11 atom stereocenters. The Labute approximate surface area is 247 Å². The number of carbonyl (C=O) groups excluding carboxylic acids is 2. The van der Waals surface area contributed by atoms with Gasteiger partial charge in [0.2, 0.25) is 0 Å². The predicted octanol–water partition coefficient (Wildman–Crippen LogP) is 4.66. The first-order valence-electron chi connectivity index (χ1n) is 15.7. The molecule has 4 N–H and O–H groups in total. The molecule has 2 aliphatic heterocycles. The third kappa shape index (κ3) is 11.9. The molecule has 8 heteroatoms. The van der Waals surface area contributed by atoms with E-state index in [9.17, 15) is 30.0 Å². The van der Waals surface area contributed by atoms with Gasteiger partial charge in [0.15, 0.2) is 5.78 Å². The Morgan fingerprint density at radius 1 is 0.902 bits per heavy atom. The average Bonchev–Trinajstić information content (AvgIpc) is 3.63. The van der Waals surface area contributed by atoms with Crippen LogP contribution in [0, 0.1) is 23.7 Å². The van der Waals surface area contributed by atoms with Crippen LogP contribution in [0.25, 0.3) is 0 Å². The number of rotatable bonds is 1. The fourth-order valence-electron chi connectivity index (χ4n) is 6.10. The predicted molar refractivity (Wildman–Crippen MR) is 159 cm³/mol. The molecule has 0 bridgehead atoms. The van der Waals surface area contributed by atoms with Crippen LogP contribution < -0.4 is 0 Å². The minimum Gasteiger partial charge on any atom is -0.462 e. The number of hydrogen-bond acceptors (Lipinski definition) is 8. The van der Waals surface area contributed by atoms with E-state index in [-0.39, 0.29) is 31.0 Å². The summed E-state index contributed by atoms with van der Waals surface area (Å²) in [5.41, 5.74) is 2.19. The van der Waals surface area contributed by atoms with Gasteiger partial charge in [-0.1, -0.05) is 64.3 Å². The summed E-state index contributed by atoms with van der Waals surface area (Å²) in [7, 11) is 0. The van der Waals surface area contributed by atoms with Gasteiger partial charge in [0.05, 0.1) is 42.5 Å². The second-order valence-corrected chi connectivity index (χ2v) is 13.0. The zero-order valence-corrected chi connectivity index (χ0v) is 26.1.